The van der Waals surface area contributed by atoms with E-state index in [0.717, 1.165) is 8.88 Å². The first kappa shape index (κ1) is 6.83. The molecule has 2 rings (SSSR count). The van der Waals surface area contributed by atoms with E-state index >= 15 is 0 Å². The smallest absolute Gasteiger partial charge is 0.209 e. The van der Waals surface area contributed by atoms with Crippen molar-refractivity contribution in [1.29, 1.82) is 0 Å². The number of rotatable bonds is 0. The van der Waals surface area contributed by atoms with Crippen molar-refractivity contribution in [2.45, 2.75) is 0 Å². The summed E-state index contributed by atoms with van der Waals surface area (Å²) in [7, 11) is 0. The molecule has 0 radical (unpaired) electrons. The van der Waals surface area contributed by atoms with Crippen LogP contribution in [0.5, 0.6) is 0 Å². The van der Waals surface area contributed by atoms with Crippen LogP contribution in [-0.2, 0) is 0 Å². The average Bonchev–Trinajstić information content (AvgIpc) is 2.43. The van der Waals surface area contributed by atoms with Crippen LogP contribution in [0.4, 0.5) is 0 Å². The van der Waals surface area contributed by atoms with Gasteiger partial charge in [0.05, 0.1) is 6.20 Å². The van der Waals surface area contributed by atoms with Crippen LogP contribution in [0.15, 0.2) is 10.1 Å². The molecule has 0 saturated heterocycles. The van der Waals surface area contributed by atoms with Crippen LogP contribution in [0.2, 0.25) is 0 Å². The zero-order valence-corrected chi connectivity index (χ0v) is 7.69. The van der Waals surface area contributed by atoms with Gasteiger partial charge in [0, 0.05) is 0 Å². The van der Waals surface area contributed by atoms with E-state index in [4.69, 9.17) is 6.42 Å². The van der Waals surface area contributed by atoms with Gasteiger partial charge in [-0.1, -0.05) is 11.3 Å². The number of hydrogen-bond donors (Lipinski definition) is 0. The quantitative estimate of drug-likeness (QED) is 0.640. The molecule has 2 aromatic rings. The number of nitrogens with zero attached hydrogens (tertiary/aromatic N) is 3. The Kier molecular flexibility index (Phi) is 1.44. The maximum atomic E-state index is 5.15. The minimum atomic E-state index is 0.622. The van der Waals surface area contributed by atoms with Crippen LogP contribution in [0.1, 0.15) is 5.69 Å². The zero-order valence-electron chi connectivity index (χ0n) is 5.28. The predicted molar refractivity (Wildman–Crippen MR) is 46.5 cm³/mol. The van der Waals surface area contributed by atoms with Crippen molar-refractivity contribution in [2.75, 3.05) is 0 Å². The summed E-state index contributed by atoms with van der Waals surface area (Å²) in [6.07, 6.45) is 6.87. The van der Waals surface area contributed by atoms with E-state index in [2.05, 4.69) is 31.9 Å². The third-order valence-corrected chi connectivity index (χ3v) is 2.52. The monoisotopic (exact) mass is 227 g/mol. The fourth-order valence-corrected chi connectivity index (χ4v) is 1.96. The van der Waals surface area contributed by atoms with Gasteiger partial charge in [0.25, 0.3) is 0 Å². The molecule has 0 aliphatic rings. The lowest BCUT2D eigenvalue weighted by Gasteiger charge is -1.73. The van der Waals surface area contributed by atoms with Crippen molar-refractivity contribution in [3.8, 4) is 12.3 Å². The summed E-state index contributed by atoms with van der Waals surface area (Å²) in [5.74, 6) is 2.44. The van der Waals surface area contributed by atoms with Gasteiger partial charge < -0.3 is 0 Å². The van der Waals surface area contributed by atoms with Gasteiger partial charge in [-0.2, -0.15) is 0 Å². The average molecular weight is 228 g/mol. The number of halogens is 1. The van der Waals surface area contributed by atoms with E-state index < -0.39 is 0 Å². The van der Waals surface area contributed by atoms with Crippen molar-refractivity contribution in [3.05, 3.63) is 15.8 Å². The Hall–Kier alpha value is -0.860. The van der Waals surface area contributed by atoms with Gasteiger partial charge in [0.15, 0.2) is 3.92 Å². The largest absolute Gasteiger partial charge is 0.214 e. The van der Waals surface area contributed by atoms with Gasteiger partial charge >= 0.3 is 0 Å². The molecule has 0 aromatic carbocycles. The van der Waals surface area contributed by atoms with Gasteiger partial charge in [-0.25, -0.2) is 9.50 Å². The maximum absolute atomic E-state index is 5.15. The second-order valence-electron chi connectivity index (χ2n) is 1.85. The van der Waals surface area contributed by atoms with Crippen LogP contribution in [0, 0.1) is 12.3 Å². The normalized spacial score (nSPS) is 10.2. The minimum Gasteiger partial charge on any atom is -0.209 e. The zero-order chi connectivity index (χ0) is 7.84. The van der Waals surface area contributed by atoms with Crippen LogP contribution in [0.3, 0.4) is 0 Å². The third kappa shape index (κ3) is 1.04. The molecule has 0 atom stereocenters. The molecule has 5 heteroatoms. The third-order valence-electron chi connectivity index (χ3n) is 1.17. The Morgan fingerprint density at radius 2 is 2.55 bits per heavy atom. The second kappa shape index (κ2) is 2.32. The highest BCUT2D eigenvalue weighted by molar-refractivity contribution is 9.11. The van der Waals surface area contributed by atoms with Crippen molar-refractivity contribution in [1.82, 2.24) is 14.6 Å². The molecule has 0 spiro atoms. The summed E-state index contributed by atoms with van der Waals surface area (Å²) >= 11 is 4.70. The van der Waals surface area contributed by atoms with Gasteiger partial charge in [0.1, 0.15) is 5.69 Å². The first-order valence-corrected chi connectivity index (χ1v) is 4.39. The van der Waals surface area contributed by atoms with E-state index in [1.807, 2.05) is 0 Å². The van der Waals surface area contributed by atoms with Gasteiger partial charge in [-0.05, 0) is 21.9 Å². The Labute approximate surface area is 75.2 Å². The molecule has 2 aromatic heterocycles. The van der Waals surface area contributed by atoms with Crippen molar-refractivity contribution in [3.63, 3.8) is 0 Å². The Morgan fingerprint density at radius 1 is 1.73 bits per heavy atom. The molecular formula is C6H2BrN3S. The molecule has 0 bridgehead atoms. The maximum Gasteiger partial charge on any atom is 0.214 e. The first-order chi connectivity index (χ1) is 5.29. The van der Waals surface area contributed by atoms with Gasteiger partial charge in [-0.15, -0.1) is 11.5 Å². The molecule has 3 nitrogen and oxygen atoms in total. The Bertz CT molecular complexity index is 405. The highest BCUT2D eigenvalue weighted by atomic mass is 79.9. The summed E-state index contributed by atoms with van der Waals surface area (Å²) in [5.41, 5.74) is 0.622. The van der Waals surface area contributed by atoms with Crippen molar-refractivity contribution in [2.24, 2.45) is 0 Å². The lowest BCUT2D eigenvalue weighted by Crippen LogP contribution is -1.77. The molecule has 0 unspecified atom stereocenters. The number of imidazole rings is 1. The first-order valence-electron chi connectivity index (χ1n) is 2.78. The number of aromatic nitrogens is 3. The van der Waals surface area contributed by atoms with Crippen molar-refractivity contribution < 1.29 is 0 Å². The second-order valence-corrected chi connectivity index (χ2v) is 4.08. The standard InChI is InChI=1S/C6H2BrN3S/c1-2-4-3-10-6(8-4)11-5(7)9-10/h1,3H. The van der Waals surface area contributed by atoms with Crippen LogP contribution < -0.4 is 0 Å². The number of terminal acetylenes is 1. The topological polar surface area (TPSA) is 30.2 Å². The van der Waals surface area contributed by atoms with Crippen molar-refractivity contribution >= 4 is 32.2 Å². The highest BCUT2D eigenvalue weighted by Gasteiger charge is 2.03. The summed E-state index contributed by atoms with van der Waals surface area (Å²) in [4.78, 5) is 4.91. The van der Waals surface area contributed by atoms with Crippen LogP contribution in [-0.4, -0.2) is 14.6 Å². The summed E-state index contributed by atoms with van der Waals surface area (Å²) in [5, 5.41) is 4.08. The molecule has 0 aliphatic heterocycles. The van der Waals surface area contributed by atoms with E-state index in [1.54, 1.807) is 10.7 Å². The molecular weight excluding hydrogens is 226 g/mol. The molecule has 54 valence electrons. The van der Waals surface area contributed by atoms with E-state index in [9.17, 15) is 0 Å². The highest BCUT2D eigenvalue weighted by Crippen LogP contribution is 2.18. The van der Waals surface area contributed by atoms with E-state index in [-0.39, 0.29) is 0 Å². The molecule has 0 saturated carbocycles. The Morgan fingerprint density at radius 3 is 3.18 bits per heavy atom. The lowest BCUT2D eigenvalue weighted by atomic mass is 10.5. The Balaban J connectivity index is 2.76. The molecule has 11 heavy (non-hydrogen) atoms. The number of fused-ring (bicyclic) bond motifs is 1. The summed E-state index contributed by atoms with van der Waals surface area (Å²) < 4.78 is 2.47. The van der Waals surface area contributed by atoms with Gasteiger partial charge in [0.2, 0.25) is 4.96 Å². The SMILES string of the molecule is C#Cc1cn2nc(Br)sc2n1. The molecule has 2 heterocycles. The van der Waals surface area contributed by atoms with E-state index in [1.165, 1.54) is 11.3 Å². The molecule has 0 aliphatic carbocycles. The number of hydrogen-bond acceptors (Lipinski definition) is 3. The predicted octanol–water partition coefficient (Wildman–Crippen LogP) is 1.53. The van der Waals surface area contributed by atoms with Crippen LogP contribution >= 0.6 is 27.3 Å². The molecule has 0 fully saturated rings. The summed E-state index contributed by atoms with van der Waals surface area (Å²) in [6, 6.07) is 0. The summed E-state index contributed by atoms with van der Waals surface area (Å²) in [6.45, 7) is 0. The fourth-order valence-electron chi connectivity index (χ4n) is 0.745. The lowest BCUT2D eigenvalue weighted by molar-refractivity contribution is 0.958. The molecule has 0 N–H and O–H groups in total. The van der Waals surface area contributed by atoms with Crippen LogP contribution in [0.25, 0.3) is 4.96 Å². The fraction of sp³-hybridized carbons (Fsp3) is 0. The molecule has 0 amide bonds. The minimum absolute atomic E-state index is 0.622. The van der Waals surface area contributed by atoms with Gasteiger partial charge in [-0.3, -0.25) is 0 Å². The van der Waals surface area contributed by atoms with E-state index in [0.29, 0.717) is 5.69 Å².